The van der Waals surface area contributed by atoms with Crippen molar-refractivity contribution in [1.82, 2.24) is 19.4 Å². The van der Waals surface area contributed by atoms with Gasteiger partial charge in [-0.25, -0.2) is 0 Å². The molecule has 2 aromatic heterocycles. The molecule has 0 aliphatic carbocycles. The Kier molecular flexibility index (Phi) is 3.45. The van der Waals surface area contributed by atoms with E-state index in [1.54, 1.807) is 11.8 Å². The Morgan fingerprint density at radius 1 is 1.56 bits per heavy atom. The van der Waals surface area contributed by atoms with Crippen LogP contribution in [0, 0.1) is 6.92 Å². The predicted molar refractivity (Wildman–Crippen MR) is 67.0 cm³/mol. The van der Waals surface area contributed by atoms with E-state index < -0.39 is 0 Å². The van der Waals surface area contributed by atoms with Gasteiger partial charge in [0.2, 0.25) is 0 Å². The molecule has 16 heavy (non-hydrogen) atoms. The zero-order chi connectivity index (χ0) is 11.5. The highest BCUT2D eigenvalue weighted by Crippen LogP contribution is 2.26. The van der Waals surface area contributed by atoms with Crippen molar-refractivity contribution in [2.45, 2.75) is 17.7 Å². The fourth-order valence-electron chi connectivity index (χ4n) is 1.36. The van der Waals surface area contributed by atoms with E-state index in [1.165, 1.54) is 11.5 Å². The molecule has 2 rings (SSSR count). The van der Waals surface area contributed by atoms with Crippen LogP contribution in [0.2, 0.25) is 0 Å². The minimum atomic E-state index is 0.811. The smallest absolute Gasteiger partial charge is 0.133 e. The molecule has 0 aromatic carbocycles. The molecule has 0 atom stereocenters. The third-order valence-corrected chi connectivity index (χ3v) is 3.98. The topological polar surface area (TPSA) is 55.6 Å². The van der Waals surface area contributed by atoms with E-state index in [9.17, 15) is 0 Å². The van der Waals surface area contributed by atoms with Crippen molar-refractivity contribution in [3.63, 3.8) is 0 Å². The van der Waals surface area contributed by atoms with Gasteiger partial charge in [-0.3, -0.25) is 4.68 Å². The number of nitrogens with zero attached hydrogens (tertiary/aromatic N) is 4. The van der Waals surface area contributed by atoms with Gasteiger partial charge in [0.25, 0.3) is 0 Å². The summed E-state index contributed by atoms with van der Waals surface area (Å²) < 4.78 is 5.81. The maximum absolute atomic E-state index is 4.30. The van der Waals surface area contributed by atoms with Gasteiger partial charge in [-0.2, -0.15) is 5.10 Å². The molecule has 0 fully saturated rings. The summed E-state index contributed by atoms with van der Waals surface area (Å²) in [7, 11) is 3.84. The Morgan fingerprint density at radius 3 is 3.00 bits per heavy atom. The molecule has 0 saturated carbocycles. The lowest BCUT2D eigenvalue weighted by Gasteiger charge is -2.00. The second-order valence-corrected chi connectivity index (χ2v) is 5.08. The van der Waals surface area contributed by atoms with Crippen LogP contribution in [0.25, 0.3) is 0 Å². The van der Waals surface area contributed by atoms with Crippen molar-refractivity contribution < 1.29 is 0 Å². The van der Waals surface area contributed by atoms with E-state index in [0.717, 1.165) is 27.2 Å². The first-order valence-corrected chi connectivity index (χ1v) is 6.59. The Morgan fingerprint density at radius 2 is 2.38 bits per heavy atom. The SMILES string of the molecule is CNc1snnc1CSc1cc(C)nn1C. The lowest BCUT2D eigenvalue weighted by molar-refractivity contribution is 0.692. The number of aryl methyl sites for hydroxylation is 2. The molecular formula is C9H13N5S2. The monoisotopic (exact) mass is 255 g/mol. The molecular weight excluding hydrogens is 242 g/mol. The first kappa shape index (κ1) is 11.4. The first-order valence-electron chi connectivity index (χ1n) is 4.83. The van der Waals surface area contributed by atoms with Gasteiger partial charge in [-0.1, -0.05) is 4.49 Å². The summed E-state index contributed by atoms with van der Waals surface area (Å²) in [6.45, 7) is 1.99. The standard InChI is InChI=1S/C9H13N5S2/c1-6-4-8(14(3)12-6)15-5-7-9(10-2)16-13-11-7/h4,10H,5H2,1-3H3. The second kappa shape index (κ2) is 4.84. The number of aromatic nitrogens is 4. The molecule has 0 unspecified atom stereocenters. The van der Waals surface area contributed by atoms with Crippen molar-refractivity contribution in [2.75, 3.05) is 12.4 Å². The van der Waals surface area contributed by atoms with Crippen LogP contribution in [0.4, 0.5) is 5.00 Å². The van der Waals surface area contributed by atoms with Crippen LogP contribution in [-0.2, 0) is 12.8 Å². The summed E-state index contributed by atoms with van der Waals surface area (Å²) >= 11 is 3.11. The van der Waals surface area contributed by atoms with E-state index in [4.69, 9.17) is 0 Å². The summed E-state index contributed by atoms with van der Waals surface area (Å²) in [6, 6.07) is 2.07. The number of hydrogen-bond donors (Lipinski definition) is 1. The van der Waals surface area contributed by atoms with Gasteiger partial charge in [0.1, 0.15) is 10.7 Å². The van der Waals surface area contributed by atoms with Crippen LogP contribution in [-0.4, -0.2) is 26.4 Å². The Bertz CT molecular complexity index is 476. The lowest BCUT2D eigenvalue weighted by Crippen LogP contribution is -1.94. The van der Waals surface area contributed by atoms with Crippen molar-refractivity contribution in [3.8, 4) is 0 Å². The number of nitrogens with one attached hydrogen (secondary N) is 1. The Balaban J connectivity index is 2.05. The number of hydrogen-bond acceptors (Lipinski definition) is 6. The maximum atomic E-state index is 4.30. The molecule has 0 spiro atoms. The van der Waals surface area contributed by atoms with Gasteiger partial charge in [0.05, 0.1) is 10.7 Å². The zero-order valence-electron chi connectivity index (χ0n) is 9.39. The average Bonchev–Trinajstić information content (AvgIpc) is 2.81. The molecule has 1 N–H and O–H groups in total. The van der Waals surface area contributed by atoms with Crippen molar-refractivity contribution in [3.05, 3.63) is 17.5 Å². The Hall–Kier alpha value is -1.08. The van der Waals surface area contributed by atoms with Crippen molar-refractivity contribution >= 4 is 28.3 Å². The Labute approximate surface area is 102 Å². The third kappa shape index (κ3) is 2.35. The van der Waals surface area contributed by atoms with Crippen molar-refractivity contribution in [2.24, 2.45) is 7.05 Å². The lowest BCUT2D eigenvalue weighted by atomic mass is 10.5. The highest BCUT2D eigenvalue weighted by molar-refractivity contribution is 7.98. The predicted octanol–water partition coefficient (Wildman–Crippen LogP) is 1.91. The van der Waals surface area contributed by atoms with Crippen LogP contribution in [0.1, 0.15) is 11.4 Å². The van der Waals surface area contributed by atoms with Gasteiger partial charge in [0, 0.05) is 31.4 Å². The summed E-state index contributed by atoms with van der Waals surface area (Å²) in [4.78, 5) is 0. The fraction of sp³-hybridized carbons (Fsp3) is 0.444. The average molecular weight is 255 g/mol. The maximum Gasteiger partial charge on any atom is 0.133 e. The summed E-state index contributed by atoms with van der Waals surface area (Å²) in [6.07, 6.45) is 0. The van der Waals surface area contributed by atoms with Crippen LogP contribution in [0.15, 0.2) is 11.1 Å². The largest absolute Gasteiger partial charge is 0.377 e. The normalized spacial score (nSPS) is 10.7. The van der Waals surface area contributed by atoms with Crippen molar-refractivity contribution in [1.29, 1.82) is 0 Å². The van der Waals surface area contributed by atoms with Gasteiger partial charge in [-0.05, 0) is 13.0 Å². The van der Waals surface area contributed by atoms with Crippen LogP contribution in [0.5, 0.6) is 0 Å². The molecule has 0 saturated heterocycles. The first-order chi connectivity index (χ1) is 7.70. The van der Waals surface area contributed by atoms with Gasteiger partial charge < -0.3 is 5.32 Å². The molecule has 0 bridgehead atoms. The quantitative estimate of drug-likeness (QED) is 0.846. The highest BCUT2D eigenvalue weighted by atomic mass is 32.2. The van der Waals surface area contributed by atoms with Gasteiger partial charge in [0.15, 0.2) is 0 Å². The van der Waals surface area contributed by atoms with E-state index in [0.29, 0.717) is 0 Å². The summed E-state index contributed by atoms with van der Waals surface area (Å²) in [5.41, 5.74) is 2.03. The molecule has 0 amide bonds. The van der Waals surface area contributed by atoms with E-state index in [2.05, 4.69) is 26.1 Å². The number of thioether (sulfide) groups is 1. The third-order valence-electron chi connectivity index (χ3n) is 2.10. The minimum absolute atomic E-state index is 0.811. The summed E-state index contributed by atoms with van der Waals surface area (Å²) in [5, 5.41) is 13.7. The van der Waals surface area contributed by atoms with E-state index >= 15 is 0 Å². The molecule has 0 radical (unpaired) electrons. The molecule has 7 heteroatoms. The number of anilines is 1. The number of rotatable bonds is 4. The molecule has 2 aromatic rings. The van der Waals surface area contributed by atoms with E-state index in [1.807, 2.05) is 25.7 Å². The molecule has 2 heterocycles. The molecule has 0 aliphatic heterocycles. The van der Waals surface area contributed by atoms with Crippen LogP contribution >= 0.6 is 23.3 Å². The fourth-order valence-corrected chi connectivity index (χ4v) is 2.95. The summed E-state index contributed by atoms with van der Waals surface area (Å²) in [5.74, 6) is 0.811. The van der Waals surface area contributed by atoms with Crippen LogP contribution < -0.4 is 5.32 Å². The van der Waals surface area contributed by atoms with Gasteiger partial charge >= 0.3 is 0 Å². The zero-order valence-corrected chi connectivity index (χ0v) is 11.0. The van der Waals surface area contributed by atoms with Crippen LogP contribution in [0.3, 0.4) is 0 Å². The minimum Gasteiger partial charge on any atom is -0.377 e. The highest BCUT2D eigenvalue weighted by Gasteiger charge is 2.09. The van der Waals surface area contributed by atoms with E-state index in [-0.39, 0.29) is 0 Å². The molecule has 5 nitrogen and oxygen atoms in total. The molecule has 86 valence electrons. The second-order valence-electron chi connectivity index (χ2n) is 3.33. The molecule has 0 aliphatic rings. The van der Waals surface area contributed by atoms with Gasteiger partial charge in [-0.15, -0.1) is 16.9 Å².